The van der Waals surface area contributed by atoms with Gasteiger partial charge in [-0.2, -0.15) is 0 Å². The predicted molar refractivity (Wildman–Crippen MR) is 116 cm³/mol. The second-order valence-electron chi connectivity index (χ2n) is 7.66. The van der Waals surface area contributed by atoms with Crippen molar-refractivity contribution in [1.29, 1.82) is 0 Å². The van der Waals surface area contributed by atoms with Crippen LogP contribution in [-0.2, 0) is 6.42 Å². The Labute approximate surface area is 178 Å². The number of hydrogen-bond acceptors (Lipinski definition) is 3. The van der Waals surface area contributed by atoms with Crippen molar-refractivity contribution in [3.8, 4) is 0 Å². The van der Waals surface area contributed by atoms with Crippen molar-refractivity contribution >= 4 is 29.9 Å². The number of rotatable bonds is 3. The predicted octanol–water partition coefficient (Wildman–Crippen LogP) is 4.49. The van der Waals surface area contributed by atoms with Gasteiger partial charge in [-0.05, 0) is 75.1 Å². The first-order valence-electron chi connectivity index (χ1n) is 9.73. The van der Waals surface area contributed by atoms with E-state index in [-0.39, 0.29) is 30.4 Å². The molecule has 1 saturated heterocycles. The number of amides is 1. The van der Waals surface area contributed by atoms with E-state index in [2.05, 4.69) is 35.6 Å². The summed E-state index contributed by atoms with van der Waals surface area (Å²) >= 11 is 6.03. The first kappa shape index (κ1) is 21.1. The molecule has 2 aliphatic rings. The molecule has 2 aromatic rings. The summed E-state index contributed by atoms with van der Waals surface area (Å²) in [4.78, 5) is 15.5. The lowest BCUT2D eigenvalue weighted by Crippen LogP contribution is -2.54. The Morgan fingerprint density at radius 3 is 2.61 bits per heavy atom. The van der Waals surface area contributed by atoms with Crippen molar-refractivity contribution in [3.05, 3.63) is 70.2 Å². The van der Waals surface area contributed by atoms with Crippen LogP contribution in [0, 0.1) is 0 Å². The SMILES string of the molecule is CN1CCCC(N2NC(Cc3ccc(Cl)cc3)c3ccccc3C2=O)CC1.Cl. The molecule has 1 N–H and O–H groups in total. The molecule has 0 radical (unpaired) electrons. The van der Waals surface area contributed by atoms with Gasteiger partial charge in [0.25, 0.3) is 5.91 Å². The Morgan fingerprint density at radius 1 is 1.07 bits per heavy atom. The number of fused-ring (bicyclic) bond motifs is 1. The number of benzene rings is 2. The lowest BCUT2D eigenvalue weighted by atomic mass is 9.92. The lowest BCUT2D eigenvalue weighted by Gasteiger charge is -2.40. The highest BCUT2D eigenvalue weighted by atomic mass is 35.5. The third-order valence-electron chi connectivity index (χ3n) is 5.72. The van der Waals surface area contributed by atoms with E-state index in [0.29, 0.717) is 0 Å². The van der Waals surface area contributed by atoms with Gasteiger partial charge in [-0.1, -0.05) is 41.9 Å². The number of hydrogen-bond donors (Lipinski definition) is 1. The number of carbonyl (C=O) groups excluding carboxylic acids is 1. The largest absolute Gasteiger partial charge is 0.306 e. The fourth-order valence-corrected chi connectivity index (χ4v) is 4.31. The van der Waals surface area contributed by atoms with Gasteiger partial charge in [0.1, 0.15) is 0 Å². The third-order valence-corrected chi connectivity index (χ3v) is 5.97. The quantitative estimate of drug-likeness (QED) is 0.795. The fraction of sp³-hybridized carbons (Fsp3) is 0.409. The molecule has 2 aliphatic heterocycles. The van der Waals surface area contributed by atoms with Crippen LogP contribution < -0.4 is 5.43 Å². The lowest BCUT2D eigenvalue weighted by molar-refractivity contribution is 0.0410. The molecule has 0 aromatic heterocycles. The van der Waals surface area contributed by atoms with Crippen molar-refractivity contribution in [3.63, 3.8) is 0 Å². The van der Waals surface area contributed by atoms with Crippen molar-refractivity contribution in [2.24, 2.45) is 0 Å². The van der Waals surface area contributed by atoms with E-state index in [4.69, 9.17) is 11.6 Å². The average Bonchev–Trinajstić information content (AvgIpc) is 2.90. The van der Waals surface area contributed by atoms with Crippen LogP contribution in [-0.4, -0.2) is 42.0 Å². The van der Waals surface area contributed by atoms with E-state index in [1.807, 2.05) is 35.3 Å². The Hall–Kier alpha value is -1.59. The van der Waals surface area contributed by atoms with Crippen molar-refractivity contribution < 1.29 is 4.79 Å². The van der Waals surface area contributed by atoms with Crippen molar-refractivity contribution in [2.45, 2.75) is 37.8 Å². The zero-order valence-corrected chi connectivity index (χ0v) is 17.7. The Bertz CT molecular complexity index is 812. The second-order valence-corrected chi connectivity index (χ2v) is 8.10. The molecule has 150 valence electrons. The third kappa shape index (κ3) is 4.52. The molecule has 2 heterocycles. The molecule has 0 saturated carbocycles. The van der Waals surface area contributed by atoms with E-state index in [1.165, 1.54) is 5.56 Å². The van der Waals surface area contributed by atoms with E-state index < -0.39 is 0 Å². The minimum Gasteiger partial charge on any atom is -0.306 e. The summed E-state index contributed by atoms with van der Waals surface area (Å²) < 4.78 is 0. The Balaban J connectivity index is 0.00000225. The van der Waals surface area contributed by atoms with Crippen LogP contribution >= 0.6 is 24.0 Å². The van der Waals surface area contributed by atoms with Crippen LogP contribution in [0.5, 0.6) is 0 Å². The zero-order chi connectivity index (χ0) is 18.8. The normalized spacial score (nSPS) is 22.9. The van der Waals surface area contributed by atoms with E-state index >= 15 is 0 Å². The van der Waals surface area contributed by atoms with Gasteiger partial charge in [-0.3, -0.25) is 9.80 Å². The van der Waals surface area contributed by atoms with Gasteiger partial charge in [0.05, 0.1) is 6.04 Å². The maximum absolute atomic E-state index is 13.2. The Morgan fingerprint density at radius 2 is 1.82 bits per heavy atom. The topological polar surface area (TPSA) is 35.6 Å². The minimum atomic E-state index is 0. The van der Waals surface area contributed by atoms with Crippen LogP contribution in [0.4, 0.5) is 0 Å². The van der Waals surface area contributed by atoms with E-state index in [1.54, 1.807) is 0 Å². The molecule has 1 fully saturated rings. The highest BCUT2D eigenvalue weighted by Crippen LogP contribution is 2.30. The summed E-state index contributed by atoms with van der Waals surface area (Å²) in [6.07, 6.45) is 3.99. The molecule has 4 rings (SSSR count). The molecule has 6 heteroatoms. The molecular formula is C22H27Cl2N3O. The number of likely N-dealkylation sites (tertiary alicyclic amines) is 1. The fourth-order valence-electron chi connectivity index (χ4n) is 4.19. The summed E-state index contributed by atoms with van der Waals surface area (Å²) in [7, 11) is 2.16. The second kappa shape index (κ2) is 9.27. The van der Waals surface area contributed by atoms with Crippen LogP contribution in [0.15, 0.2) is 48.5 Å². The first-order chi connectivity index (χ1) is 13.1. The number of hydrazine groups is 1. The highest BCUT2D eigenvalue weighted by molar-refractivity contribution is 6.30. The van der Waals surface area contributed by atoms with Crippen LogP contribution in [0.2, 0.25) is 5.02 Å². The van der Waals surface area contributed by atoms with Gasteiger partial charge < -0.3 is 4.90 Å². The summed E-state index contributed by atoms with van der Waals surface area (Å²) in [6, 6.07) is 16.3. The van der Waals surface area contributed by atoms with Crippen molar-refractivity contribution in [1.82, 2.24) is 15.3 Å². The maximum atomic E-state index is 13.2. The molecule has 28 heavy (non-hydrogen) atoms. The van der Waals surface area contributed by atoms with Crippen LogP contribution in [0.3, 0.4) is 0 Å². The van der Waals surface area contributed by atoms with E-state index in [0.717, 1.165) is 54.9 Å². The molecule has 2 aromatic carbocycles. The number of nitrogens with zero attached hydrogens (tertiary/aromatic N) is 2. The molecular weight excluding hydrogens is 393 g/mol. The summed E-state index contributed by atoms with van der Waals surface area (Å²) in [6.45, 7) is 2.13. The number of halogens is 2. The summed E-state index contributed by atoms with van der Waals surface area (Å²) in [5.74, 6) is 0.104. The van der Waals surface area contributed by atoms with Gasteiger partial charge in [0, 0.05) is 16.6 Å². The molecule has 4 nitrogen and oxygen atoms in total. The highest BCUT2D eigenvalue weighted by Gasteiger charge is 2.35. The molecule has 0 aliphatic carbocycles. The number of nitrogens with one attached hydrogen (secondary N) is 1. The molecule has 1 amide bonds. The molecule has 2 unspecified atom stereocenters. The molecule has 0 bridgehead atoms. The Kier molecular flexibility index (Phi) is 7.00. The maximum Gasteiger partial charge on any atom is 0.268 e. The molecule has 2 atom stereocenters. The van der Waals surface area contributed by atoms with Gasteiger partial charge in [0.2, 0.25) is 0 Å². The first-order valence-corrected chi connectivity index (χ1v) is 10.1. The van der Waals surface area contributed by atoms with Gasteiger partial charge in [0.15, 0.2) is 0 Å². The van der Waals surface area contributed by atoms with Crippen LogP contribution in [0.1, 0.15) is 46.8 Å². The monoisotopic (exact) mass is 419 g/mol. The molecule has 0 spiro atoms. The van der Waals surface area contributed by atoms with Gasteiger partial charge in [-0.25, -0.2) is 5.43 Å². The minimum absolute atomic E-state index is 0. The van der Waals surface area contributed by atoms with Crippen LogP contribution in [0.25, 0.3) is 0 Å². The zero-order valence-electron chi connectivity index (χ0n) is 16.1. The standard InChI is InChI=1S/C22H26ClN3O.ClH/c1-25-13-4-5-18(12-14-25)26-22(27)20-7-3-2-6-19(20)21(24-26)15-16-8-10-17(23)11-9-16;/h2-3,6-11,18,21,24H,4-5,12-15H2,1H3;1H. The summed E-state index contributed by atoms with van der Waals surface area (Å²) in [5.41, 5.74) is 6.69. The summed E-state index contributed by atoms with van der Waals surface area (Å²) in [5, 5.41) is 2.66. The van der Waals surface area contributed by atoms with Gasteiger partial charge in [-0.15, -0.1) is 12.4 Å². The van der Waals surface area contributed by atoms with Gasteiger partial charge >= 0.3 is 0 Å². The number of carbonyl (C=O) groups is 1. The average molecular weight is 420 g/mol. The van der Waals surface area contributed by atoms with Crippen molar-refractivity contribution in [2.75, 3.05) is 20.1 Å². The smallest absolute Gasteiger partial charge is 0.268 e. The van der Waals surface area contributed by atoms with E-state index in [9.17, 15) is 4.79 Å².